The van der Waals surface area contributed by atoms with Gasteiger partial charge in [-0.3, -0.25) is 14.4 Å². The molecule has 0 atom stereocenters. The number of amides is 3. The number of thiophene rings is 1. The second-order valence-electron chi connectivity index (χ2n) is 8.21. The maximum Gasteiger partial charge on any atom is 0.265 e. The van der Waals surface area contributed by atoms with Crippen molar-refractivity contribution in [3.05, 3.63) is 87.9 Å². The summed E-state index contributed by atoms with van der Waals surface area (Å²) in [7, 11) is 0. The fourth-order valence-electron chi connectivity index (χ4n) is 3.99. The number of nitrogens with one attached hydrogen (secondary N) is 2. The monoisotopic (exact) mass is 479 g/mol. The molecule has 3 aromatic rings. The summed E-state index contributed by atoms with van der Waals surface area (Å²) in [5, 5.41) is 7.56. The number of carbonyl (C=O) groups excluding carboxylic acids is 3. The van der Waals surface area contributed by atoms with Crippen LogP contribution in [-0.2, 0) is 11.2 Å². The van der Waals surface area contributed by atoms with E-state index in [1.54, 1.807) is 53.4 Å². The lowest BCUT2D eigenvalue weighted by Gasteiger charge is -2.31. The van der Waals surface area contributed by atoms with E-state index in [0.29, 0.717) is 60.6 Å². The highest BCUT2D eigenvalue weighted by atomic mass is 32.1. The molecule has 3 amide bonds. The van der Waals surface area contributed by atoms with Crippen LogP contribution in [0.4, 0.5) is 10.1 Å². The molecule has 4 rings (SSSR count). The standard InChI is InChI=1S/C26H26FN3O3S/c27-22-5-2-1-4-18(22)11-14-28-24(31)19-12-15-30(16-13-19)26(33)20-7-9-21(10-8-20)29-25(32)23-6-3-17-34-23/h1-10,17,19H,11-16H2,(H,28,31)(H,29,32). The summed E-state index contributed by atoms with van der Waals surface area (Å²) in [6.07, 6.45) is 1.62. The molecule has 0 radical (unpaired) electrons. The molecule has 2 aromatic carbocycles. The van der Waals surface area contributed by atoms with Gasteiger partial charge in [0.25, 0.3) is 11.8 Å². The minimum Gasteiger partial charge on any atom is -0.356 e. The van der Waals surface area contributed by atoms with Gasteiger partial charge in [0.1, 0.15) is 5.82 Å². The SMILES string of the molecule is O=C(Nc1ccc(C(=O)N2CCC(C(=O)NCCc3ccccc3F)CC2)cc1)c1cccs1. The highest BCUT2D eigenvalue weighted by molar-refractivity contribution is 7.12. The quantitative estimate of drug-likeness (QED) is 0.529. The van der Waals surface area contributed by atoms with Gasteiger partial charge in [-0.2, -0.15) is 0 Å². The van der Waals surface area contributed by atoms with Crippen LogP contribution in [0.1, 0.15) is 38.4 Å². The molecule has 1 aliphatic rings. The predicted octanol–water partition coefficient (Wildman–Crippen LogP) is 4.35. The molecule has 1 aromatic heterocycles. The number of carbonyl (C=O) groups is 3. The average Bonchev–Trinajstić information content (AvgIpc) is 3.41. The van der Waals surface area contributed by atoms with Crippen LogP contribution >= 0.6 is 11.3 Å². The lowest BCUT2D eigenvalue weighted by molar-refractivity contribution is -0.126. The molecule has 1 fully saturated rings. The van der Waals surface area contributed by atoms with Crippen LogP contribution in [0.3, 0.4) is 0 Å². The van der Waals surface area contributed by atoms with Gasteiger partial charge in [-0.25, -0.2) is 4.39 Å². The molecule has 176 valence electrons. The van der Waals surface area contributed by atoms with E-state index < -0.39 is 0 Å². The molecule has 6 nitrogen and oxygen atoms in total. The van der Waals surface area contributed by atoms with Gasteiger partial charge in [0.05, 0.1) is 4.88 Å². The smallest absolute Gasteiger partial charge is 0.265 e. The van der Waals surface area contributed by atoms with E-state index in [1.165, 1.54) is 17.4 Å². The van der Waals surface area contributed by atoms with Crippen molar-refractivity contribution in [3.63, 3.8) is 0 Å². The van der Waals surface area contributed by atoms with Crippen LogP contribution in [0, 0.1) is 11.7 Å². The first-order chi connectivity index (χ1) is 16.5. The van der Waals surface area contributed by atoms with Crippen LogP contribution in [0.2, 0.25) is 0 Å². The molecule has 1 saturated heterocycles. The van der Waals surface area contributed by atoms with Crippen molar-refractivity contribution in [3.8, 4) is 0 Å². The molecule has 0 saturated carbocycles. The van der Waals surface area contributed by atoms with Crippen molar-refractivity contribution in [2.75, 3.05) is 25.0 Å². The number of anilines is 1. The fourth-order valence-corrected chi connectivity index (χ4v) is 4.61. The highest BCUT2D eigenvalue weighted by Gasteiger charge is 2.27. The summed E-state index contributed by atoms with van der Waals surface area (Å²) in [4.78, 5) is 39.9. The molecular formula is C26H26FN3O3S. The van der Waals surface area contributed by atoms with Gasteiger partial charge in [0.15, 0.2) is 0 Å². The Morgan fingerprint density at radius 1 is 0.971 bits per heavy atom. The average molecular weight is 480 g/mol. The third-order valence-corrected chi connectivity index (χ3v) is 6.81. The number of rotatable bonds is 7. The van der Waals surface area contributed by atoms with Gasteiger partial charge >= 0.3 is 0 Å². The molecular weight excluding hydrogens is 453 g/mol. The maximum absolute atomic E-state index is 13.7. The van der Waals surface area contributed by atoms with Gasteiger partial charge in [0.2, 0.25) is 5.91 Å². The number of benzene rings is 2. The van der Waals surface area contributed by atoms with Gasteiger partial charge in [-0.05, 0) is 66.6 Å². The van der Waals surface area contributed by atoms with E-state index in [9.17, 15) is 18.8 Å². The molecule has 2 heterocycles. The summed E-state index contributed by atoms with van der Waals surface area (Å²) >= 11 is 1.37. The first-order valence-electron chi connectivity index (χ1n) is 11.3. The molecule has 1 aliphatic heterocycles. The molecule has 2 N–H and O–H groups in total. The number of piperidine rings is 1. The summed E-state index contributed by atoms with van der Waals surface area (Å²) in [6, 6.07) is 17.0. The summed E-state index contributed by atoms with van der Waals surface area (Å²) in [5.74, 6) is -0.729. The van der Waals surface area contributed by atoms with Crippen LogP contribution < -0.4 is 10.6 Å². The van der Waals surface area contributed by atoms with Crippen molar-refractivity contribution >= 4 is 34.7 Å². The third-order valence-electron chi connectivity index (χ3n) is 5.94. The van der Waals surface area contributed by atoms with Crippen molar-refractivity contribution in [2.45, 2.75) is 19.3 Å². The fraction of sp³-hybridized carbons (Fsp3) is 0.269. The van der Waals surface area contributed by atoms with Crippen molar-refractivity contribution in [1.82, 2.24) is 10.2 Å². The van der Waals surface area contributed by atoms with Crippen LogP contribution in [0.25, 0.3) is 0 Å². The molecule has 0 bridgehead atoms. The second-order valence-corrected chi connectivity index (χ2v) is 9.16. The van der Waals surface area contributed by atoms with Crippen molar-refractivity contribution in [2.24, 2.45) is 5.92 Å². The number of nitrogens with zero attached hydrogens (tertiary/aromatic N) is 1. The van der Waals surface area contributed by atoms with Crippen LogP contribution in [0.15, 0.2) is 66.0 Å². The van der Waals surface area contributed by atoms with E-state index >= 15 is 0 Å². The Morgan fingerprint density at radius 2 is 1.71 bits per heavy atom. The minimum atomic E-state index is -0.263. The second kappa shape index (κ2) is 11.1. The van der Waals surface area contributed by atoms with E-state index in [1.807, 2.05) is 11.4 Å². The third kappa shape index (κ3) is 5.88. The van der Waals surface area contributed by atoms with E-state index in [0.717, 1.165) is 0 Å². The predicted molar refractivity (Wildman–Crippen MR) is 130 cm³/mol. The Kier molecular flexibility index (Phi) is 7.69. The van der Waals surface area contributed by atoms with Crippen LogP contribution in [-0.4, -0.2) is 42.3 Å². The summed E-state index contributed by atoms with van der Waals surface area (Å²) in [6.45, 7) is 1.39. The zero-order valence-corrected chi connectivity index (χ0v) is 19.4. The first kappa shape index (κ1) is 23.6. The lowest BCUT2D eigenvalue weighted by atomic mass is 9.95. The van der Waals surface area contributed by atoms with Gasteiger partial charge in [-0.1, -0.05) is 24.3 Å². The van der Waals surface area contributed by atoms with Crippen LogP contribution in [0.5, 0.6) is 0 Å². The highest BCUT2D eigenvalue weighted by Crippen LogP contribution is 2.21. The summed E-state index contributed by atoms with van der Waals surface area (Å²) in [5.41, 5.74) is 1.75. The Morgan fingerprint density at radius 3 is 2.38 bits per heavy atom. The Hall–Kier alpha value is -3.52. The number of halogens is 1. The first-order valence-corrected chi connectivity index (χ1v) is 12.1. The normalized spacial score (nSPS) is 14.0. The van der Waals surface area contributed by atoms with Gasteiger partial charge < -0.3 is 15.5 Å². The Labute approximate surface area is 201 Å². The zero-order chi connectivity index (χ0) is 23.9. The zero-order valence-electron chi connectivity index (χ0n) is 18.6. The van der Waals surface area contributed by atoms with E-state index in [2.05, 4.69) is 10.6 Å². The number of likely N-dealkylation sites (tertiary alicyclic amines) is 1. The lowest BCUT2D eigenvalue weighted by Crippen LogP contribution is -2.43. The molecule has 0 aliphatic carbocycles. The Bertz CT molecular complexity index is 1140. The van der Waals surface area contributed by atoms with E-state index in [4.69, 9.17) is 0 Å². The topological polar surface area (TPSA) is 78.5 Å². The molecule has 0 spiro atoms. The van der Waals surface area contributed by atoms with Gasteiger partial charge in [0, 0.05) is 36.8 Å². The van der Waals surface area contributed by atoms with E-state index in [-0.39, 0.29) is 29.5 Å². The molecule has 34 heavy (non-hydrogen) atoms. The molecule has 0 unspecified atom stereocenters. The summed E-state index contributed by atoms with van der Waals surface area (Å²) < 4.78 is 13.7. The minimum absolute atomic E-state index is 0.0470. The van der Waals surface area contributed by atoms with Crippen molar-refractivity contribution < 1.29 is 18.8 Å². The number of hydrogen-bond acceptors (Lipinski definition) is 4. The maximum atomic E-state index is 13.7. The van der Waals surface area contributed by atoms with Crippen molar-refractivity contribution in [1.29, 1.82) is 0 Å². The van der Waals surface area contributed by atoms with Gasteiger partial charge in [-0.15, -0.1) is 11.3 Å². The number of hydrogen-bond donors (Lipinski definition) is 2. The Balaban J connectivity index is 1.22. The largest absolute Gasteiger partial charge is 0.356 e. The molecule has 8 heteroatoms.